The van der Waals surface area contributed by atoms with E-state index in [4.69, 9.17) is 0 Å². The number of ketones is 1. The molecule has 0 aliphatic heterocycles. The number of hydrogen-bond donors (Lipinski definition) is 0. The van der Waals surface area contributed by atoms with Gasteiger partial charge in [0.05, 0.1) is 5.56 Å². The van der Waals surface area contributed by atoms with E-state index in [1.54, 1.807) is 6.07 Å². The molecule has 0 unspecified atom stereocenters. The summed E-state index contributed by atoms with van der Waals surface area (Å²) in [4.78, 5) is 11.2. The fraction of sp³-hybridized carbons (Fsp3) is 0.222. The second-order valence-electron chi connectivity index (χ2n) is 3.11. The van der Waals surface area contributed by atoms with Crippen molar-refractivity contribution in [2.45, 2.75) is 12.4 Å². The SMILES string of the molecule is CC(=O)c1ccccc1[I+][N-]S(=O)(=O)C(F)(F)F. The molecule has 1 aromatic rings. The zero-order chi connectivity index (χ0) is 14.0. The van der Waals surface area contributed by atoms with E-state index in [9.17, 15) is 26.4 Å². The van der Waals surface area contributed by atoms with Crippen LogP contribution in [-0.4, -0.2) is 19.7 Å². The van der Waals surface area contributed by atoms with E-state index in [0.29, 0.717) is 0 Å². The fourth-order valence-electron chi connectivity index (χ4n) is 0.942. The molecular formula is C9H7F3INO3S. The summed E-state index contributed by atoms with van der Waals surface area (Å²) in [6.45, 7) is 1.25. The zero-order valence-electron chi connectivity index (χ0n) is 8.90. The number of nitrogens with zero attached hydrogens (tertiary/aromatic N) is 1. The molecule has 9 heteroatoms. The van der Waals surface area contributed by atoms with Crippen molar-refractivity contribution in [3.63, 3.8) is 0 Å². The molecule has 1 rings (SSSR count). The number of carbonyl (C=O) groups is 1. The summed E-state index contributed by atoms with van der Waals surface area (Å²) in [6, 6.07) is 5.88. The number of sulfonamides is 1. The van der Waals surface area contributed by atoms with E-state index in [1.807, 2.05) is 0 Å². The number of hydrogen-bond acceptors (Lipinski definition) is 3. The van der Waals surface area contributed by atoms with Gasteiger partial charge in [0.25, 0.3) is 0 Å². The summed E-state index contributed by atoms with van der Waals surface area (Å²) in [5.74, 6) is -0.343. The van der Waals surface area contributed by atoms with E-state index < -0.39 is 37.0 Å². The predicted octanol–water partition coefficient (Wildman–Crippen LogP) is -0.714. The van der Waals surface area contributed by atoms with Crippen molar-refractivity contribution < 1.29 is 47.9 Å². The maximum absolute atomic E-state index is 12.1. The highest BCUT2D eigenvalue weighted by molar-refractivity contribution is 7.94. The highest BCUT2D eigenvalue weighted by Gasteiger charge is 2.41. The maximum Gasteiger partial charge on any atom is 0.482 e. The van der Waals surface area contributed by atoms with Gasteiger partial charge in [0.1, 0.15) is 0 Å². The molecule has 4 nitrogen and oxygen atoms in total. The van der Waals surface area contributed by atoms with Gasteiger partial charge in [-0.05, 0) is 19.1 Å². The van der Waals surface area contributed by atoms with Crippen molar-refractivity contribution in [1.29, 1.82) is 0 Å². The van der Waals surface area contributed by atoms with Crippen LogP contribution >= 0.6 is 0 Å². The third kappa shape index (κ3) is 3.65. The van der Waals surface area contributed by atoms with Crippen molar-refractivity contribution in [2.75, 3.05) is 0 Å². The smallest absolute Gasteiger partial charge is 0.294 e. The van der Waals surface area contributed by atoms with Crippen LogP contribution in [0.15, 0.2) is 24.3 Å². The van der Waals surface area contributed by atoms with Gasteiger partial charge >= 0.3 is 5.51 Å². The summed E-state index contributed by atoms with van der Waals surface area (Å²) < 4.78 is 60.7. The summed E-state index contributed by atoms with van der Waals surface area (Å²) in [5.41, 5.74) is -5.19. The molecule has 0 saturated heterocycles. The molecule has 0 heterocycles. The molecule has 0 spiro atoms. The monoisotopic (exact) mass is 393 g/mol. The molecule has 0 fully saturated rings. The average Bonchev–Trinajstić information content (AvgIpc) is 2.25. The Hall–Kier alpha value is -0.680. The first-order valence-electron chi connectivity index (χ1n) is 4.43. The lowest BCUT2D eigenvalue weighted by Gasteiger charge is -2.11. The first-order chi connectivity index (χ1) is 8.15. The number of halogens is 4. The van der Waals surface area contributed by atoms with Crippen LogP contribution in [0.2, 0.25) is 0 Å². The fourth-order valence-corrected chi connectivity index (χ4v) is 4.46. The second-order valence-corrected chi connectivity index (χ2v) is 7.49. The Bertz CT molecular complexity index is 556. The molecule has 1 aromatic carbocycles. The lowest BCUT2D eigenvalue weighted by molar-refractivity contribution is -0.567. The minimum Gasteiger partial charge on any atom is -0.294 e. The van der Waals surface area contributed by atoms with Crippen molar-refractivity contribution in [3.8, 4) is 0 Å². The third-order valence-corrected chi connectivity index (χ3v) is 6.20. The molecule has 18 heavy (non-hydrogen) atoms. The first kappa shape index (κ1) is 15.4. The van der Waals surface area contributed by atoms with Gasteiger partial charge in [0, 0.05) is 0 Å². The summed E-state index contributed by atoms with van der Waals surface area (Å²) in [7, 11) is -5.48. The van der Waals surface area contributed by atoms with Crippen molar-refractivity contribution >= 4 is 15.8 Å². The molecule has 0 aliphatic rings. The normalized spacial score (nSPS) is 12.4. The maximum atomic E-state index is 12.1. The van der Waals surface area contributed by atoms with E-state index >= 15 is 0 Å². The Labute approximate surface area is 112 Å². The van der Waals surface area contributed by atoms with Crippen LogP contribution in [0, 0.1) is 3.57 Å². The van der Waals surface area contributed by atoms with Gasteiger partial charge in [-0.2, -0.15) is 13.2 Å². The van der Waals surface area contributed by atoms with Gasteiger partial charge < -0.3 is 0 Å². The number of Topliss-reactive ketones (excluding diaryl/α,β-unsaturated/α-hetero) is 1. The van der Waals surface area contributed by atoms with Gasteiger partial charge in [-0.25, -0.2) is 8.42 Å². The van der Waals surface area contributed by atoms with Crippen molar-refractivity contribution in [3.05, 3.63) is 36.3 Å². The second kappa shape index (κ2) is 5.53. The average molecular weight is 393 g/mol. The van der Waals surface area contributed by atoms with Gasteiger partial charge in [-0.3, -0.25) is 7.73 Å². The number of rotatable bonds is 4. The highest BCUT2D eigenvalue weighted by Crippen LogP contribution is 2.24. The lowest BCUT2D eigenvalue weighted by Crippen LogP contribution is -3.59. The molecule has 0 radical (unpaired) electrons. The van der Waals surface area contributed by atoms with Crippen LogP contribution in [0.25, 0.3) is 2.94 Å². The number of carbonyl (C=O) groups excluding carboxylic acids is 1. The van der Waals surface area contributed by atoms with Crippen LogP contribution in [0.3, 0.4) is 0 Å². The van der Waals surface area contributed by atoms with Crippen LogP contribution in [-0.2, 0) is 10.0 Å². The van der Waals surface area contributed by atoms with Crippen molar-refractivity contribution in [1.82, 2.24) is 0 Å². The summed E-state index contributed by atoms with van der Waals surface area (Å²) in [5, 5.41) is 0. The zero-order valence-corrected chi connectivity index (χ0v) is 11.9. The topological polar surface area (TPSA) is 65.3 Å². The molecule has 0 bridgehead atoms. The minimum atomic E-state index is -5.48. The molecule has 0 aliphatic carbocycles. The molecule has 100 valence electrons. The molecule has 0 saturated carbocycles. The van der Waals surface area contributed by atoms with Gasteiger partial charge in [0.15, 0.2) is 9.35 Å². The summed E-state index contributed by atoms with van der Waals surface area (Å²) >= 11 is -1.79. The molecule has 0 atom stereocenters. The molecule has 0 N–H and O–H groups in total. The third-order valence-electron chi connectivity index (χ3n) is 1.76. The highest BCUT2D eigenvalue weighted by atomic mass is 127. The number of alkyl halides is 3. The Morgan fingerprint density at radius 3 is 2.33 bits per heavy atom. The van der Waals surface area contributed by atoms with Gasteiger partial charge in [0.2, 0.25) is 31.5 Å². The largest absolute Gasteiger partial charge is 0.482 e. The van der Waals surface area contributed by atoms with E-state index in [-0.39, 0.29) is 14.9 Å². The van der Waals surface area contributed by atoms with Crippen molar-refractivity contribution in [2.24, 2.45) is 0 Å². The lowest BCUT2D eigenvalue weighted by atomic mass is 10.2. The standard InChI is InChI=1S/C9H7F3INO3S/c1-6(15)7-4-2-3-5-8(7)13-14-18(16,17)9(10,11)12/h2-5H,1H3. The molecule has 0 amide bonds. The molecule has 0 aromatic heterocycles. The van der Waals surface area contributed by atoms with Crippen LogP contribution in [0.4, 0.5) is 13.2 Å². The summed E-state index contributed by atoms with van der Waals surface area (Å²) in [6.07, 6.45) is 0. The quantitative estimate of drug-likeness (QED) is 0.502. The van der Waals surface area contributed by atoms with Crippen LogP contribution in [0.5, 0.6) is 0 Å². The minimum absolute atomic E-state index is 0.200. The predicted molar refractivity (Wildman–Crippen MR) is 53.5 cm³/mol. The van der Waals surface area contributed by atoms with E-state index in [0.717, 1.165) is 0 Å². The Morgan fingerprint density at radius 2 is 1.83 bits per heavy atom. The van der Waals surface area contributed by atoms with Crippen LogP contribution < -0.4 is 21.5 Å². The molecular weight excluding hydrogens is 386 g/mol. The van der Waals surface area contributed by atoms with Gasteiger partial charge in [-0.1, -0.05) is 12.1 Å². The van der Waals surface area contributed by atoms with Gasteiger partial charge in [-0.15, -0.1) is 0 Å². The first-order valence-corrected chi connectivity index (χ1v) is 7.91. The number of benzene rings is 1. The Morgan fingerprint density at radius 1 is 1.28 bits per heavy atom. The van der Waals surface area contributed by atoms with E-state index in [2.05, 4.69) is 2.94 Å². The Balaban J connectivity index is 2.92. The van der Waals surface area contributed by atoms with E-state index in [1.165, 1.54) is 25.1 Å². The Kier molecular flexibility index (Phi) is 4.72. The van der Waals surface area contributed by atoms with Crippen LogP contribution in [0.1, 0.15) is 17.3 Å².